The van der Waals surface area contributed by atoms with Crippen LogP contribution in [0, 0.1) is 11.3 Å². The Hall–Kier alpha value is -0.0800. The van der Waals surface area contributed by atoms with E-state index in [-0.39, 0.29) is 0 Å². The molecule has 2 nitrogen and oxygen atoms in total. The molecule has 0 bridgehead atoms. The second-order valence-corrected chi connectivity index (χ2v) is 6.53. The summed E-state index contributed by atoms with van der Waals surface area (Å²) in [7, 11) is 0. The Balaban J connectivity index is 1.77. The molecule has 0 aliphatic carbocycles. The predicted molar refractivity (Wildman–Crippen MR) is 65.0 cm³/mol. The highest BCUT2D eigenvalue weighted by molar-refractivity contribution is 4.91. The molecule has 0 radical (unpaired) electrons. The van der Waals surface area contributed by atoms with Crippen molar-refractivity contribution in [1.82, 2.24) is 10.2 Å². The van der Waals surface area contributed by atoms with E-state index in [1.807, 2.05) is 0 Å². The lowest BCUT2D eigenvalue weighted by Crippen LogP contribution is -2.40. The maximum absolute atomic E-state index is 3.67. The Morgan fingerprint density at radius 3 is 2.73 bits per heavy atom. The number of hydrogen-bond donors (Lipinski definition) is 1. The van der Waals surface area contributed by atoms with E-state index in [9.17, 15) is 0 Å². The van der Waals surface area contributed by atoms with Gasteiger partial charge >= 0.3 is 0 Å². The number of hydrogen-bond acceptors (Lipinski definition) is 2. The summed E-state index contributed by atoms with van der Waals surface area (Å²) in [5, 5.41) is 3.67. The van der Waals surface area contributed by atoms with E-state index >= 15 is 0 Å². The fourth-order valence-electron chi connectivity index (χ4n) is 2.81. The fourth-order valence-corrected chi connectivity index (χ4v) is 2.81. The van der Waals surface area contributed by atoms with Crippen LogP contribution in [-0.2, 0) is 0 Å². The Kier molecular flexibility index (Phi) is 3.36. The predicted octanol–water partition coefficient (Wildman–Crippen LogP) is 2.11. The summed E-state index contributed by atoms with van der Waals surface area (Å²) in [5.74, 6) is 0.943. The van der Waals surface area contributed by atoms with Gasteiger partial charge in [0.1, 0.15) is 0 Å². The van der Waals surface area contributed by atoms with E-state index in [0.717, 1.165) is 12.0 Å². The monoisotopic (exact) mass is 210 g/mol. The second kappa shape index (κ2) is 4.42. The lowest BCUT2D eigenvalue weighted by molar-refractivity contribution is 0.257. The molecule has 0 aromatic carbocycles. The molecule has 0 saturated carbocycles. The molecule has 1 N–H and O–H groups in total. The zero-order valence-electron chi connectivity index (χ0n) is 10.6. The quantitative estimate of drug-likeness (QED) is 0.751. The van der Waals surface area contributed by atoms with Crippen molar-refractivity contribution in [3.05, 3.63) is 0 Å². The van der Waals surface area contributed by atoms with Crippen molar-refractivity contribution in [2.75, 3.05) is 26.2 Å². The fraction of sp³-hybridized carbons (Fsp3) is 1.00. The van der Waals surface area contributed by atoms with Crippen LogP contribution in [0.15, 0.2) is 0 Å². The van der Waals surface area contributed by atoms with E-state index in [4.69, 9.17) is 0 Å². The highest BCUT2D eigenvalue weighted by Crippen LogP contribution is 2.26. The van der Waals surface area contributed by atoms with Crippen LogP contribution >= 0.6 is 0 Å². The largest absolute Gasteiger partial charge is 0.312 e. The third kappa shape index (κ3) is 3.18. The summed E-state index contributed by atoms with van der Waals surface area (Å²) in [6.07, 6.45) is 4.16. The van der Waals surface area contributed by atoms with Crippen LogP contribution < -0.4 is 5.32 Å². The second-order valence-electron chi connectivity index (χ2n) is 6.53. The Labute approximate surface area is 94.4 Å². The van der Waals surface area contributed by atoms with Gasteiger partial charge in [-0.15, -0.1) is 0 Å². The summed E-state index contributed by atoms with van der Waals surface area (Å²) < 4.78 is 0. The third-order valence-electron chi connectivity index (χ3n) is 3.85. The van der Waals surface area contributed by atoms with Crippen molar-refractivity contribution in [3.63, 3.8) is 0 Å². The Bertz CT molecular complexity index is 193. The molecule has 2 fully saturated rings. The molecule has 0 aromatic heterocycles. The van der Waals surface area contributed by atoms with Gasteiger partial charge in [-0.2, -0.15) is 0 Å². The maximum Gasteiger partial charge on any atom is 0.0235 e. The number of piperidine rings is 1. The van der Waals surface area contributed by atoms with Gasteiger partial charge in [-0.1, -0.05) is 20.8 Å². The molecule has 2 aliphatic heterocycles. The maximum atomic E-state index is 3.67. The van der Waals surface area contributed by atoms with Crippen LogP contribution in [0.1, 0.15) is 40.0 Å². The van der Waals surface area contributed by atoms with Crippen molar-refractivity contribution in [3.8, 4) is 0 Å². The third-order valence-corrected chi connectivity index (χ3v) is 3.85. The Morgan fingerprint density at radius 1 is 1.27 bits per heavy atom. The first kappa shape index (κ1) is 11.4. The summed E-state index contributed by atoms with van der Waals surface area (Å²) >= 11 is 0. The molecule has 2 aliphatic rings. The minimum absolute atomic E-state index is 0.487. The number of nitrogens with zero attached hydrogens (tertiary/aromatic N) is 1. The summed E-state index contributed by atoms with van der Waals surface area (Å²) in [6.45, 7) is 12.2. The van der Waals surface area contributed by atoms with Gasteiger partial charge in [-0.3, -0.25) is 0 Å². The molecule has 2 heteroatoms. The number of rotatable bonds is 2. The van der Waals surface area contributed by atoms with E-state index in [1.54, 1.807) is 0 Å². The van der Waals surface area contributed by atoms with Gasteiger partial charge in [-0.25, -0.2) is 0 Å². The van der Waals surface area contributed by atoms with Crippen molar-refractivity contribution in [1.29, 1.82) is 0 Å². The highest BCUT2D eigenvalue weighted by Gasteiger charge is 2.34. The summed E-state index contributed by atoms with van der Waals surface area (Å²) in [4.78, 5) is 2.67. The van der Waals surface area contributed by atoms with Gasteiger partial charge in [0.2, 0.25) is 0 Å². The minimum Gasteiger partial charge on any atom is -0.312 e. The van der Waals surface area contributed by atoms with E-state index in [0.29, 0.717) is 5.41 Å². The standard InChI is InChI=1S/C13H26N2/c1-13(2,3)6-8-15-9-11-5-4-7-14-12(11)10-15/h11-12,14H,4-10H2,1-3H3. The van der Waals surface area contributed by atoms with Crippen LogP contribution in [0.3, 0.4) is 0 Å². The topological polar surface area (TPSA) is 15.3 Å². The molecule has 0 amide bonds. The molecule has 2 saturated heterocycles. The SMILES string of the molecule is CC(C)(C)CCN1CC2CCCNC2C1. The number of fused-ring (bicyclic) bond motifs is 1. The zero-order valence-corrected chi connectivity index (χ0v) is 10.6. The molecule has 88 valence electrons. The van der Waals surface area contributed by atoms with Crippen molar-refractivity contribution in [2.45, 2.75) is 46.1 Å². The average molecular weight is 210 g/mol. The van der Waals surface area contributed by atoms with Crippen LogP contribution in [0.25, 0.3) is 0 Å². The van der Waals surface area contributed by atoms with Crippen LogP contribution in [0.2, 0.25) is 0 Å². The van der Waals surface area contributed by atoms with Gasteiger partial charge in [0, 0.05) is 19.1 Å². The van der Waals surface area contributed by atoms with E-state index < -0.39 is 0 Å². The van der Waals surface area contributed by atoms with Crippen molar-refractivity contribution in [2.24, 2.45) is 11.3 Å². The average Bonchev–Trinajstić information content (AvgIpc) is 2.56. The lowest BCUT2D eigenvalue weighted by atomic mass is 9.92. The molecule has 0 aromatic rings. The number of nitrogens with one attached hydrogen (secondary N) is 1. The van der Waals surface area contributed by atoms with Crippen molar-refractivity contribution >= 4 is 0 Å². The van der Waals surface area contributed by atoms with Gasteiger partial charge < -0.3 is 10.2 Å². The normalized spacial score (nSPS) is 33.0. The summed E-state index contributed by atoms with van der Waals surface area (Å²) in [6, 6.07) is 0.804. The molecule has 0 spiro atoms. The zero-order chi connectivity index (χ0) is 10.9. The molecular weight excluding hydrogens is 184 g/mol. The molecule has 2 heterocycles. The van der Waals surface area contributed by atoms with Crippen LogP contribution in [-0.4, -0.2) is 37.1 Å². The summed E-state index contributed by atoms with van der Waals surface area (Å²) in [5.41, 5.74) is 0.487. The molecule has 2 atom stereocenters. The molecular formula is C13H26N2. The first-order chi connectivity index (χ1) is 7.04. The van der Waals surface area contributed by atoms with Crippen LogP contribution in [0.5, 0.6) is 0 Å². The highest BCUT2D eigenvalue weighted by atomic mass is 15.2. The minimum atomic E-state index is 0.487. The smallest absolute Gasteiger partial charge is 0.0235 e. The first-order valence-electron chi connectivity index (χ1n) is 6.50. The first-order valence-corrected chi connectivity index (χ1v) is 6.50. The molecule has 2 rings (SSSR count). The van der Waals surface area contributed by atoms with Gasteiger partial charge in [0.05, 0.1) is 0 Å². The van der Waals surface area contributed by atoms with Crippen LogP contribution in [0.4, 0.5) is 0 Å². The van der Waals surface area contributed by atoms with Gasteiger partial charge in [0.25, 0.3) is 0 Å². The van der Waals surface area contributed by atoms with Crippen molar-refractivity contribution < 1.29 is 0 Å². The van der Waals surface area contributed by atoms with Gasteiger partial charge in [-0.05, 0) is 43.7 Å². The van der Waals surface area contributed by atoms with E-state index in [2.05, 4.69) is 31.0 Å². The Morgan fingerprint density at radius 2 is 2.07 bits per heavy atom. The lowest BCUT2D eigenvalue weighted by Gasteiger charge is -2.24. The van der Waals surface area contributed by atoms with E-state index in [1.165, 1.54) is 45.4 Å². The molecule has 15 heavy (non-hydrogen) atoms. The molecule has 2 unspecified atom stereocenters. The van der Waals surface area contributed by atoms with Gasteiger partial charge in [0.15, 0.2) is 0 Å². The number of likely N-dealkylation sites (tertiary alicyclic amines) is 1.